The lowest BCUT2D eigenvalue weighted by Crippen LogP contribution is -2.42. The number of ether oxygens (including phenoxy) is 1. The summed E-state index contributed by atoms with van der Waals surface area (Å²) >= 11 is 0. The summed E-state index contributed by atoms with van der Waals surface area (Å²) in [6.07, 6.45) is 9.66. The number of anilines is 1. The molecule has 5 heteroatoms. The van der Waals surface area contributed by atoms with Crippen molar-refractivity contribution in [3.63, 3.8) is 0 Å². The van der Waals surface area contributed by atoms with E-state index >= 15 is 0 Å². The van der Waals surface area contributed by atoms with E-state index in [4.69, 9.17) is 4.74 Å². The van der Waals surface area contributed by atoms with Gasteiger partial charge in [-0.2, -0.15) is 5.10 Å². The van der Waals surface area contributed by atoms with Gasteiger partial charge in [0.15, 0.2) is 0 Å². The molecule has 2 aromatic rings. The highest BCUT2D eigenvalue weighted by Crippen LogP contribution is 2.48. The van der Waals surface area contributed by atoms with Crippen LogP contribution in [0.5, 0.6) is 0 Å². The van der Waals surface area contributed by atoms with E-state index in [-0.39, 0.29) is 17.2 Å². The van der Waals surface area contributed by atoms with Crippen molar-refractivity contribution in [1.82, 2.24) is 9.78 Å². The summed E-state index contributed by atoms with van der Waals surface area (Å²) in [7, 11) is 0. The topological polar surface area (TPSA) is 47.4 Å². The maximum atomic E-state index is 13.1. The molecule has 1 aliphatic carbocycles. The van der Waals surface area contributed by atoms with Gasteiger partial charge in [-0.1, -0.05) is 19.9 Å². The molecule has 5 nitrogen and oxygen atoms in total. The number of carbonyl (C=O) groups excluding carboxylic acids is 1. The molecule has 2 fully saturated rings. The van der Waals surface area contributed by atoms with Crippen LogP contribution in [0.1, 0.15) is 51.5 Å². The molecule has 0 radical (unpaired) electrons. The van der Waals surface area contributed by atoms with Crippen LogP contribution >= 0.6 is 0 Å². The maximum absolute atomic E-state index is 13.1. The average Bonchev–Trinajstić information content (AvgIpc) is 3.36. The fraction of sp³-hybridized carbons (Fsp3) is 0.583. The number of nitrogens with zero attached hydrogens (tertiary/aromatic N) is 3. The summed E-state index contributed by atoms with van der Waals surface area (Å²) in [6.45, 7) is 7.50. The maximum Gasteiger partial charge on any atom is 0.229 e. The van der Waals surface area contributed by atoms with E-state index in [0.717, 1.165) is 57.2 Å². The number of rotatable bonds is 5. The van der Waals surface area contributed by atoms with Crippen LogP contribution in [-0.2, 0) is 21.5 Å². The molecule has 1 amide bonds. The molecule has 1 saturated heterocycles. The molecule has 0 N–H and O–H groups in total. The largest absolute Gasteiger partial charge is 0.381 e. The van der Waals surface area contributed by atoms with Crippen molar-refractivity contribution in [2.75, 3.05) is 24.7 Å². The summed E-state index contributed by atoms with van der Waals surface area (Å²) in [4.78, 5) is 15.2. The Labute approximate surface area is 173 Å². The van der Waals surface area contributed by atoms with E-state index < -0.39 is 0 Å². The van der Waals surface area contributed by atoms with Gasteiger partial charge in [0.25, 0.3) is 0 Å². The normalized spacial score (nSPS) is 21.4. The van der Waals surface area contributed by atoms with Crippen LogP contribution in [0.2, 0.25) is 0 Å². The van der Waals surface area contributed by atoms with Crippen LogP contribution in [0.25, 0.3) is 11.1 Å². The van der Waals surface area contributed by atoms with Gasteiger partial charge in [-0.25, -0.2) is 0 Å². The zero-order chi connectivity index (χ0) is 20.0. The number of fused-ring (bicyclic) bond motifs is 2. The summed E-state index contributed by atoms with van der Waals surface area (Å²) in [5.41, 5.74) is 4.82. The second kappa shape index (κ2) is 7.28. The van der Waals surface area contributed by atoms with E-state index in [0.29, 0.717) is 0 Å². The molecule has 2 aliphatic heterocycles. The minimum atomic E-state index is 0.0245. The molecule has 1 aromatic heterocycles. The number of hydrogen-bond donors (Lipinski definition) is 0. The Morgan fingerprint density at radius 3 is 2.79 bits per heavy atom. The lowest BCUT2D eigenvalue weighted by Gasteiger charge is -2.34. The van der Waals surface area contributed by atoms with Gasteiger partial charge in [0.05, 0.1) is 6.20 Å². The first-order valence-corrected chi connectivity index (χ1v) is 11.2. The number of hydrogen-bond acceptors (Lipinski definition) is 3. The smallest absolute Gasteiger partial charge is 0.229 e. The second-order valence-electron chi connectivity index (χ2n) is 9.25. The van der Waals surface area contributed by atoms with Gasteiger partial charge in [0.1, 0.15) is 0 Å². The predicted octanol–water partition coefficient (Wildman–Crippen LogP) is 4.40. The van der Waals surface area contributed by atoms with Gasteiger partial charge in [-0.15, -0.1) is 0 Å². The van der Waals surface area contributed by atoms with Crippen LogP contribution in [0.4, 0.5) is 5.69 Å². The third-order valence-electron chi connectivity index (χ3n) is 7.18. The van der Waals surface area contributed by atoms with Crippen molar-refractivity contribution < 1.29 is 9.53 Å². The standard InChI is InChI=1S/C24H31N3O2/c1-3-17(2)23(28)27-16-24(8-10-29-11-9-24)21-12-19(6-7-22(21)27)20-13-25-26(15-20)14-18-4-5-18/h6-7,12-13,15,17-18H,3-5,8-11,14,16H2,1-2H3. The first-order valence-electron chi connectivity index (χ1n) is 11.2. The van der Waals surface area contributed by atoms with E-state index in [9.17, 15) is 4.79 Å². The molecular formula is C24H31N3O2. The monoisotopic (exact) mass is 393 g/mol. The Kier molecular flexibility index (Phi) is 4.73. The molecule has 3 aliphatic rings. The molecular weight excluding hydrogens is 362 g/mol. The van der Waals surface area contributed by atoms with E-state index in [1.165, 1.54) is 29.5 Å². The number of benzene rings is 1. The minimum absolute atomic E-state index is 0.0245. The Morgan fingerprint density at radius 1 is 1.28 bits per heavy atom. The third-order valence-corrected chi connectivity index (χ3v) is 7.18. The van der Waals surface area contributed by atoms with Crippen molar-refractivity contribution >= 4 is 11.6 Å². The molecule has 0 bridgehead atoms. The zero-order valence-electron chi connectivity index (χ0n) is 17.6. The van der Waals surface area contributed by atoms with Crippen molar-refractivity contribution in [2.24, 2.45) is 11.8 Å². The van der Waals surface area contributed by atoms with E-state index in [2.05, 4.69) is 46.0 Å². The van der Waals surface area contributed by atoms with E-state index in [1.807, 2.05) is 13.1 Å². The highest BCUT2D eigenvalue weighted by Gasteiger charge is 2.46. The fourth-order valence-electron chi connectivity index (χ4n) is 4.85. The summed E-state index contributed by atoms with van der Waals surface area (Å²) < 4.78 is 7.77. The molecule has 1 aromatic carbocycles. The average molecular weight is 394 g/mol. The molecule has 29 heavy (non-hydrogen) atoms. The van der Waals surface area contributed by atoms with Crippen LogP contribution in [0.3, 0.4) is 0 Å². The lowest BCUT2D eigenvalue weighted by atomic mass is 9.75. The Morgan fingerprint density at radius 2 is 2.07 bits per heavy atom. The van der Waals surface area contributed by atoms with Crippen molar-refractivity contribution in [2.45, 2.75) is 57.9 Å². The molecule has 1 spiro atoms. The Hall–Kier alpha value is -2.14. The SMILES string of the molecule is CCC(C)C(=O)N1CC2(CCOCC2)c2cc(-c3cnn(CC4CC4)c3)ccc21. The van der Waals surface area contributed by atoms with Crippen molar-refractivity contribution in [3.8, 4) is 11.1 Å². The van der Waals surface area contributed by atoms with Gasteiger partial charge >= 0.3 is 0 Å². The number of aromatic nitrogens is 2. The lowest BCUT2D eigenvalue weighted by molar-refractivity contribution is -0.122. The summed E-state index contributed by atoms with van der Waals surface area (Å²) in [6, 6.07) is 6.64. The molecule has 3 heterocycles. The molecule has 1 saturated carbocycles. The predicted molar refractivity (Wildman–Crippen MR) is 114 cm³/mol. The highest BCUT2D eigenvalue weighted by atomic mass is 16.5. The molecule has 154 valence electrons. The van der Waals surface area contributed by atoms with Crippen molar-refractivity contribution in [3.05, 3.63) is 36.2 Å². The Bertz CT molecular complexity index is 909. The summed E-state index contributed by atoms with van der Waals surface area (Å²) in [5.74, 6) is 1.12. The van der Waals surface area contributed by atoms with Crippen LogP contribution in [0, 0.1) is 11.8 Å². The van der Waals surface area contributed by atoms with Gasteiger partial charge < -0.3 is 9.64 Å². The quantitative estimate of drug-likeness (QED) is 0.756. The first-order chi connectivity index (χ1) is 14.1. The second-order valence-corrected chi connectivity index (χ2v) is 9.25. The van der Waals surface area contributed by atoms with Crippen LogP contribution < -0.4 is 4.90 Å². The van der Waals surface area contributed by atoms with E-state index in [1.54, 1.807) is 0 Å². The fourth-order valence-corrected chi connectivity index (χ4v) is 4.85. The van der Waals surface area contributed by atoms with Crippen LogP contribution in [0.15, 0.2) is 30.6 Å². The van der Waals surface area contributed by atoms with Gasteiger partial charge in [0, 0.05) is 55.1 Å². The number of carbonyl (C=O) groups is 1. The van der Waals surface area contributed by atoms with Crippen molar-refractivity contribution in [1.29, 1.82) is 0 Å². The Balaban J connectivity index is 1.51. The summed E-state index contributed by atoms with van der Waals surface area (Å²) in [5, 5.41) is 4.58. The molecule has 1 unspecified atom stereocenters. The van der Waals surface area contributed by atoms with Gasteiger partial charge in [-0.3, -0.25) is 9.48 Å². The number of amides is 1. The minimum Gasteiger partial charge on any atom is -0.381 e. The highest BCUT2D eigenvalue weighted by molar-refractivity contribution is 5.98. The van der Waals surface area contributed by atoms with Gasteiger partial charge in [0.2, 0.25) is 5.91 Å². The molecule has 5 rings (SSSR count). The third kappa shape index (κ3) is 3.39. The van der Waals surface area contributed by atoms with Crippen LogP contribution in [-0.4, -0.2) is 35.4 Å². The van der Waals surface area contributed by atoms with Gasteiger partial charge in [-0.05, 0) is 61.3 Å². The first kappa shape index (κ1) is 18.9. The zero-order valence-corrected chi connectivity index (χ0v) is 17.6. The molecule has 1 atom stereocenters.